The number of halogens is 3. The zero-order chi connectivity index (χ0) is 21.5. The van der Waals surface area contributed by atoms with E-state index in [1.54, 1.807) is 7.05 Å². The lowest BCUT2D eigenvalue weighted by atomic mass is 9.93. The molecule has 9 nitrogen and oxygen atoms in total. The maximum Gasteiger partial charge on any atom is 0.419 e. The summed E-state index contributed by atoms with van der Waals surface area (Å²) in [6, 6.07) is 3.19. The van der Waals surface area contributed by atoms with Crippen molar-refractivity contribution in [1.82, 2.24) is 29.3 Å². The van der Waals surface area contributed by atoms with E-state index in [2.05, 4.69) is 24.9 Å². The summed E-state index contributed by atoms with van der Waals surface area (Å²) in [7, 11) is 1.80. The number of hydrogen-bond donors (Lipinski definition) is 1. The third-order valence-corrected chi connectivity index (χ3v) is 5.37. The number of nitrogens with one attached hydrogen (secondary N) is 1. The van der Waals surface area contributed by atoms with Crippen LogP contribution in [0.4, 0.5) is 18.9 Å². The van der Waals surface area contributed by atoms with Gasteiger partial charge in [0.2, 0.25) is 0 Å². The molecular weight excluding hydrogens is 421 g/mol. The second-order valence-corrected chi connectivity index (χ2v) is 7.44. The number of anilines is 1. The average Bonchev–Trinajstić information content (AvgIpc) is 3.34. The second-order valence-electron chi connectivity index (χ2n) is 6.67. The molecule has 0 bridgehead atoms. The molecule has 4 rings (SSSR count). The van der Waals surface area contributed by atoms with E-state index < -0.39 is 22.5 Å². The third kappa shape index (κ3) is 3.62. The van der Waals surface area contributed by atoms with Crippen LogP contribution in [0.2, 0.25) is 0 Å². The quantitative estimate of drug-likeness (QED) is 0.670. The molecule has 0 unspecified atom stereocenters. The largest absolute Gasteiger partial charge is 0.419 e. The van der Waals surface area contributed by atoms with Crippen LogP contribution in [0, 0.1) is 11.3 Å². The summed E-state index contributed by atoms with van der Waals surface area (Å²) >= 11 is 0.510. The number of carbonyl (C=O) groups is 1. The van der Waals surface area contributed by atoms with Crippen molar-refractivity contribution in [2.75, 3.05) is 25.5 Å². The van der Waals surface area contributed by atoms with E-state index in [1.807, 2.05) is 11.0 Å². The van der Waals surface area contributed by atoms with Crippen LogP contribution in [0.5, 0.6) is 0 Å². The number of aromatic nitrogens is 5. The molecule has 3 aromatic rings. The molecule has 4 heterocycles. The Kier molecular flexibility index (Phi) is 4.96. The highest BCUT2D eigenvalue weighted by atomic mass is 32.1. The highest BCUT2D eigenvalue weighted by Crippen LogP contribution is 2.41. The molecule has 30 heavy (non-hydrogen) atoms. The number of carbonyl (C=O) groups excluding carboxylic acids is 1. The Hall–Kier alpha value is -3.37. The predicted octanol–water partition coefficient (Wildman–Crippen LogP) is 2.29. The lowest BCUT2D eigenvalue weighted by molar-refractivity contribution is -0.138. The molecule has 154 valence electrons. The Balaban J connectivity index is 1.62. The fraction of sp³-hybridized carbons (Fsp3) is 0.294. The zero-order valence-corrected chi connectivity index (χ0v) is 16.2. The van der Waals surface area contributed by atoms with E-state index in [0.717, 1.165) is 4.80 Å². The molecule has 1 fully saturated rings. The lowest BCUT2D eigenvalue weighted by Crippen LogP contribution is -2.42. The van der Waals surface area contributed by atoms with E-state index in [-0.39, 0.29) is 28.7 Å². The van der Waals surface area contributed by atoms with Gasteiger partial charge in [-0.05, 0) is 24.6 Å². The van der Waals surface area contributed by atoms with Gasteiger partial charge < -0.3 is 10.2 Å². The van der Waals surface area contributed by atoms with Gasteiger partial charge in [0, 0.05) is 19.0 Å². The van der Waals surface area contributed by atoms with Crippen molar-refractivity contribution in [3.63, 3.8) is 0 Å². The minimum Gasteiger partial charge on any atom is -0.320 e. The van der Waals surface area contributed by atoms with Crippen LogP contribution in [0.25, 0.3) is 5.82 Å². The summed E-state index contributed by atoms with van der Waals surface area (Å²) in [4.78, 5) is 19.1. The van der Waals surface area contributed by atoms with E-state index in [4.69, 9.17) is 0 Å². The van der Waals surface area contributed by atoms with Crippen LogP contribution in [-0.2, 0) is 6.18 Å². The molecule has 13 heteroatoms. The van der Waals surface area contributed by atoms with Crippen molar-refractivity contribution >= 4 is 23.1 Å². The summed E-state index contributed by atoms with van der Waals surface area (Å²) in [6.45, 7) is 0.901. The number of rotatable bonds is 4. The Morgan fingerprint density at radius 1 is 1.33 bits per heavy atom. The maximum absolute atomic E-state index is 13.7. The van der Waals surface area contributed by atoms with Crippen LogP contribution in [0.3, 0.4) is 0 Å². The third-order valence-electron chi connectivity index (χ3n) is 4.51. The number of likely N-dealkylation sites (tertiary alicyclic amines) is 1. The molecule has 1 aliphatic heterocycles. The lowest BCUT2D eigenvalue weighted by Gasteiger charge is -2.35. The van der Waals surface area contributed by atoms with Crippen LogP contribution in [0.15, 0.2) is 24.7 Å². The summed E-state index contributed by atoms with van der Waals surface area (Å²) in [6.07, 6.45) is -0.695. The first-order chi connectivity index (χ1) is 14.3. The van der Waals surface area contributed by atoms with Gasteiger partial charge in [-0.3, -0.25) is 4.79 Å². The number of likely N-dealkylation sites (N-methyl/N-ethyl adjacent to an activating group) is 1. The minimum atomic E-state index is -4.71. The number of amides is 1. The normalized spacial score (nSPS) is 14.9. The van der Waals surface area contributed by atoms with Crippen LogP contribution in [0.1, 0.15) is 32.4 Å². The number of pyridine rings is 1. The Bertz CT molecular complexity index is 1130. The van der Waals surface area contributed by atoms with Gasteiger partial charge in [0.05, 0.1) is 30.0 Å². The van der Waals surface area contributed by atoms with Gasteiger partial charge in [0.15, 0.2) is 5.82 Å². The SMILES string of the molecule is CN1CC(c2nsc(C(=O)Nc3cnc(-n4nccn4)c(C#N)c3)c2C(F)(F)F)C1. The van der Waals surface area contributed by atoms with E-state index >= 15 is 0 Å². The summed E-state index contributed by atoms with van der Waals surface area (Å²) in [5.41, 5.74) is -0.998. The Morgan fingerprint density at radius 2 is 2.03 bits per heavy atom. The molecule has 0 aliphatic carbocycles. The van der Waals surface area contributed by atoms with Gasteiger partial charge in [0.1, 0.15) is 22.1 Å². The molecule has 1 aliphatic rings. The number of nitrogens with zero attached hydrogens (tertiary/aromatic N) is 7. The molecule has 0 spiro atoms. The fourth-order valence-corrected chi connectivity index (χ4v) is 4.04. The molecule has 1 saturated heterocycles. The molecule has 0 aromatic carbocycles. The van der Waals surface area contributed by atoms with Gasteiger partial charge in [0.25, 0.3) is 5.91 Å². The van der Waals surface area contributed by atoms with E-state index in [9.17, 15) is 23.2 Å². The molecule has 1 amide bonds. The summed E-state index contributed by atoms with van der Waals surface area (Å²) < 4.78 is 45.0. The van der Waals surface area contributed by atoms with Crippen molar-refractivity contribution in [3.8, 4) is 11.9 Å². The van der Waals surface area contributed by atoms with Crippen molar-refractivity contribution in [2.45, 2.75) is 12.1 Å². The van der Waals surface area contributed by atoms with Crippen molar-refractivity contribution in [2.24, 2.45) is 0 Å². The van der Waals surface area contributed by atoms with E-state index in [1.165, 1.54) is 24.7 Å². The van der Waals surface area contributed by atoms with Crippen molar-refractivity contribution in [3.05, 3.63) is 46.4 Å². The van der Waals surface area contributed by atoms with Gasteiger partial charge in [-0.15, -0.1) is 4.80 Å². The van der Waals surface area contributed by atoms with Gasteiger partial charge >= 0.3 is 6.18 Å². The molecule has 0 radical (unpaired) electrons. The van der Waals surface area contributed by atoms with Crippen LogP contribution in [-0.4, -0.2) is 55.3 Å². The molecule has 0 atom stereocenters. The first-order valence-electron chi connectivity index (χ1n) is 8.61. The molecule has 1 N–H and O–H groups in total. The van der Waals surface area contributed by atoms with Gasteiger partial charge in [-0.1, -0.05) is 0 Å². The number of hydrogen-bond acceptors (Lipinski definition) is 8. The summed E-state index contributed by atoms with van der Waals surface area (Å²) in [5, 5.41) is 19.5. The minimum absolute atomic E-state index is 0.0440. The fourth-order valence-electron chi connectivity index (χ4n) is 3.16. The second kappa shape index (κ2) is 7.47. The topological polar surface area (TPSA) is 113 Å². The van der Waals surface area contributed by atoms with Crippen LogP contribution >= 0.6 is 11.5 Å². The van der Waals surface area contributed by atoms with Crippen molar-refractivity contribution < 1.29 is 18.0 Å². The maximum atomic E-state index is 13.7. The Morgan fingerprint density at radius 3 is 2.63 bits per heavy atom. The summed E-state index contributed by atoms with van der Waals surface area (Å²) in [5.74, 6) is -1.20. The highest BCUT2D eigenvalue weighted by Gasteiger charge is 2.44. The van der Waals surface area contributed by atoms with Crippen LogP contribution < -0.4 is 5.32 Å². The molecular formula is C17H13F3N8OS. The monoisotopic (exact) mass is 434 g/mol. The average molecular weight is 434 g/mol. The van der Waals surface area contributed by atoms with Crippen molar-refractivity contribution in [1.29, 1.82) is 5.26 Å². The predicted molar refractivity (Wildman–Crippen MR) is 99.2 cm³/mol. The smallest absolute Gasteiger partial charge is 0.320 e. The first kappa shape index (κ1) is 19.9. The van der Waals surface area contributed by atoms with E-state index in [0.29, 0.717) is 24.6 Å². The highest BCUT2D eigenvalue weighted by molar-refractivity contribution is 7.08. The first-order valence-corrected chi connectivity index (χ1v) is 9.38. The number of alkyl halides is 3. The Labute approximate surface area is 171 Å². The standard InChI is InChI=1S/C17H13F3N8OS/c1-27-7-10(8-27)13-12(17(18,19)20)14(30-26-13)16(29)25-11-4-9(5-21)15(22-6-11)28-23-2-3-24-28/h2-4,6,10H,7-8H2,1H3,(H,25,29). The molecule has 3 aromatic heterocycles. The zero-order valence-electron chi connectivity index (χ0n) is 15.4. The number of nitriles is 1. The van der Waals surface area contributed by atoms with Gasteiger partial charge in [-0.2, -0.15) is 33.0 Å². The van der Waals surface area contributed by atoms with Gasteiger partial charge in [-0.25, -0.2) is 4.98 Å². The molecule has 0 saturated carbocycles.